The van der Waals surface area contributed by atoms with Gasteiger partial charge in [-0.3, -0.25) is 10.1 Å². The summed E-state index contributed by atoms with van der Waals surface area (Å²) in [5.74, 6) is 0.836. The van der Waals surface area contributed by atoms with Crippen LogP contribution in [0.5, 0.6) is 5.75 Å². The second-order valence-electron chi connectivity index (χ2n) is 8.21. The van der Waals surface area contributed by atoms with Crippen LogP contribution in [0.3, 0.4) is 0 Å². The Morgan fingerprint density at radius 3 is 2.51 bits per heavy atom. The molecular weight excluding hydrogens is 445 g/mol. The highest BCUT2D eigenvalue weighted by atomic mass is 19.1. The van der Waals surface area contributed by atoms with Gasteiger partial charge < -0.3 is 10.1 Å². The number of aromatic nitrogens is 3. The van der Waals surface area contributed by atoms with Gasteiger partial charge in [-0.2, -0.15) is 4.98 Å². The van der Waals surface area contributed by atoms with Crippen molar-refractivity contribution in [3.05, 3.63) is 107 Å². The van der Waals surface area contributed by atoms with Crippen molar-refractivity contribution in [3.8, 4) is 5.75 Å². The molecule has 1 aliphatic rings. The summed E-state index contributed by atoms with van der Waals surface area (Å²) >= 11 is 0. The van der Waals surface area contributed by atoms with Crippen molar-refractivity contribution in [2.45, 2.75) is 18.5 Å². The Labute approximate surface area is 202 Å². The number of amides is 1. The van der Waals surface area contributed by atoms with Gasteiger partial charge in [-0.25, -0.2) is 9.07 Å². The number of halogens is 1. The Balaban J connectivity index is 1.38. The third kappa shape index (κ3) is 5.06. The molecular formula is C27H24FN5O2. The minimum Gasteiger partial charge on any atom is -0.497 e. The average Bonchev–Trinajstić information content (AvgIpc) is 3.30. The minimum absolute atomic E-state index is 0.0125. The van der Waals surface area contributed by atoms with Crippen molar-refractivity contribution in [2.24, 2.45) is 0 Å². The van der Waals surface area contributed by atoms with Crippen LogP contribution < -0.4 is 15.4 Å². The predicted octanol–water partition coefficient (Wildman–Crippen LogP) is 5.22. The molecule has 0 fully saturated rings. The quantitative estimate of drug-likeness (QED) is 0.378. The van der Waals surface area contributed by atoms with Crippen molar-refractivity contribution < 1.29 is 13.9 Å². The van der Waals surface area contributed by atoms with Gasteiger partial charge in [0.2, 0.25) is 5.95 Å². The number of hydrogen-bond donors (Lipinski definition) is 2. The first-order chi connectivity index (χ1) is 17.1. The molecule has 5 rings (SSSR count). The van der Waals surface area contributed by atoms with E-state index in [1.165, 1.54) is 18.2 Å². The molecule has 7 nitrogen and oxygen atoms in total. The first-order valence-corrected chi connectivity index (χ1v) is 11.3. The van der Waals surface area contributed by atoms with E-state index in [-0.39, 0.29) is 29.8 Å². The fourth-order valence-electron chi connectivity index (χ4n) is 4.14. The topological polar surface area (TPSA) is 81.1 Å². The van der Waals surface area contributed by atoms with Crippen molar-refractivity contribution in [1.82, 2.24) is 14.8 Å². The number of nitrogens with zero attached hydrogens (tertiary/aromatic N) is 3. The lowest BCUT2D eigenvalue weighted by Gasteiger charge is -2.31. The van der Waals surface area contributed by atoms with Crippen molar-refractivity contribution in [1.29, 1.82) is 0 Å². The van der Waals surface area contributed by atoms with Crippen LogP contribution in [0, 0.1) is 5.82 Å². The predicted molar refractivity (Wildman–Crippen MR) is 133 cm³/mol. The summed E-state index contributed by atoms with van der Waals surface area (Å²) in [6.07, 6.45) is 3.83. The van der Waals surface area contributed by atoms with Crippen LogP contribution in [0.15, 0.2) is 84.9 Å². The van der Waals surface area contributed by atoms with Gasteiger partial charge in [0.05, 0.1) is 19.2 Å². The molecule has 35 heavy (non-hydrogen) atoms. The van der Waals surface area contributed by atoms with Crippen LogP contribution >= 0.6 is 0 Å². The van der Waals surface area contributed by atoms with Crippen LogP contribution in [0.4, 0.5) is 16.3 Å². The lowest BCUT2D eigenvalue weighted by atomic mass is 9.93. The summed E-state index contributed by atoms with van der Waals surface area (Å²) < 4.78 is 20.5. The highest BCUT2D eigenvalue weighted by molar-refractivity contribution is 6.00. The van der Waals surface area contributed by atoms with E-state index in [9.17, 15) is 9.18 Å². The number of anilines is 2. The van der Waals surface area contributed by atoms with Gasteiger partial charge >= 0.3 is 0 Å². The van der Waals surface area contributed by atoms with Gasteiger partial charge in [0.1, 0.15) is 11.6 Å². The Kier molecular flexibility index (Phi) is 6.26. The van der Waals surface area contributed by atoms with E-state index in [0.717, 1.165) is 22.4 Å². The Morgan fingerprint density at radius 2 is 1.80 bits per heavy atom. The third-order valence-electron chi connectivity index (χ3n) is 5.92. The highest BCUT2D eigenvalue weighted by Crippen LogP contribution is 2.38. The van der Waals surface area contributed by atoms with Crippen molar-refractivity contribution in [3.63, 3.8) is 0 Å². The number of benzene rings is 3. The van der Waals surface area contributed by atoms with Crippen molar-refractivity contribution in [2.75, 3.05) is 17.7 Å². The van der Waals surface area contributed by atoms with E-state index < -0.39 is 0 Å². The molecule has 0 saturated carbocycles. The zero-order valence-corrected chi connectivity index (χ0v) is 19.1. The molecule has 0 bridgehead atoms. The Bertz CT molecular complexity index is 1330. The van der Waals surface area contributed by atoms with Crippen molar-refractivity contribution >= 4 is 23.9 Å². The molecule has 1 aromatic heterocycles. The maximum absolute atomic E-state index is 13.6. The number of nitrogens with one attached hydrogen (secondary N) is 2. The Hall–Kier alpha value is -4.46. The first kappa shape index (κ1) is 22.3. The molecule has 176 valence electrons. The zero-order valence-electron chi connectivity index (χ0n) is 19.1. The fraction of sp³-hybridized carbons (Fsp3) is 0.148. The summed E-state index contributed by atoms with van der Waals surface area (Å²) in [6, 6.07) is 23.6. The molecule has 0 unspecified atom stereocenters. The van der Waals surface area contributed by atoms with E-state index in [0.29, 0.717) is 12.4 Å². The maximum Gasteiger partial charge on any atom is 0.250 e. The molecule has 0 spiro atoms. The van der Waals surface area contributed by atoms with E-state index in [2.05, 4.69) is 32.8 Å². The molecule has 8 heteroatoms. The monoisotopic (exact) mass is 469 g/mol. The molecule has 2 atom stereocenters. The number of carbonyl (C=O) groups excluding carboxylic acids is 1. The molecule has 2 N–H and O–H groups in total. The van der Waals surface area contributed by atoms with Gasteiger partial charge in [0.15, 0.2) is 0 Å². The van der Waals surface area contributed by atoms with Crippen LogP contribution in [0.2, 0.25) is 0 Å². The lowest BCUT2D eigenvalue weighted by Crippen LogP contribution is -2.28. The smallest absolute Gasteiger partial charge is 0.250 e. The zero-order chi connectivity index (χ0) is 24.2. The number of rotatable bonds is 6. The molecule has 0 radical (unpaired) electrons. The third-order valence-corrected chi connectivity index (χ3v) is 5.92. The van der Waals surface area contributed by atoms with E-state index >= 15 is 0 Å². The van der Waals surface area contributed by atoms with E-state index in [1.807, 2.05) is 42.5 Å². The minimum atomic E-state index is -0.346. The van der Waals surface area contributed by atoms with E-state index in [4.69, 9.17) is 4.74 Å². The number of hydrogen-bond acceptors (Lipinski definition) is 5. The number of carbonyl (C=O) groups is 1. The normalized spacial score (nSPS) is 17.0. The number of ether oxygens (including phenoxy) is 1. The SMILES string of the molecule is COc1ccc(/C=C/C(=O)Nc2nc3n(n2)[C@@H](c2ccc(F)cc2)C[C@H](c2ccccc2)N3)cc1. The van der Waals surface area contributed by atoms with Crippen LogP contribution in [0.1, 0.15) is 35.2 Å². The summed E-state index contributed by atoms with van der Waals surface area (Å²) in [6.45, 7) is 0. The second kappa shape index (κ2) is 9.80. The molecule has 0 saturated heterocycles. The number of methoxy groups -OCH3 is 1. The Morgan fingerprint density at radius 1 is 1.06 bits per heavy atom. The van der Waals surface area contributed by atoms with Gasteiger partial charge in [-0.05, 0) is 53.5 Å². The fourth-order valence-corrected chi connectivity index (χ4v) is 4.14. The molecule has 0 aliphatic carbocycles. The van der Waals surface area contributed by atoms with Crippen LogP contribution in [0.25, 0.3) is 6.08 Å². The molecule has 2 heterocycles. The van der Waals surface area contributed by atoms with Crippen LogP contribution in [-0.2, 0) is 4.79 Å². The van der Waals surface area contributed by atoms with Gasteiger partial charge in [0.25, 0.3) is 11.9 Å². The second-order valence-corrected chi connectivity index (χ2v) is 8.21. The van der Waals surface area contributed by atoms with Gasteiger partial charge in [-0.1, -0.05) is 54.6 Å². The highest BCUT2D eigenvalue weighted by Gasteiger charge is 2.31. The summed E-state index contributed by atoms with van der Waals surface area (Å²) in [5.41, 5.74) is 2.89. The summed E-state index contributed by atoms with van der Waals surface area (Å²) in [4.78, 5) is 17.0. The number of fused-ring (bicyclic) bond motifs is 1. The molecule has 1 aliphatic heterocycles. The van der Waals surface area contributed by atoms with Gasteiger partial charge in [-0.15, -0.1) is 5.10 Å². The standard InChI is InChI=1S/C27H24FN5O2/c1-35-22-14-7-18(8-15-22)9-16-25(34)30-26-31-27-29-23(19-5-3-2-4-6-19)17-24(33(27)32-26)20-10-12-21(28)13-11-20/h2-16,23-24H,17H2,1H3,(H2,29,30,31,32,34)/b16-9+/t23-,24-/m1/s1. The molecule has 1 amide bonds. The van der Waals surface area contributed by atoms with E-state index in [1.54, 1.807) is 30.0 Å². The lowest BCUT2D eigenvalue weighted by molar-refractivity contribution is -0.111. The van der Waals surface area contributed by atoms with Crippen LogP contribution in [-0.4, -0.2) is 27.8 Å². The average molecular weight is 470 g/mol. The largest absolute Gasteiger partial charge is 0.497 e. The molecule has 4 aromatic rings. The maximum atomic E-state index is 13.6. The molecule has 3 aromatic carbocycles. The van der Waals surface area contributed by atoms with Gasteiger partial charge in [0, 0.05) is 6.08 Å². The summed E-state index contributed by atoms with van der Waals surface area (Å²) in [7, 11) is 1.60. The first-order valence-electron chi connectivity index (χ1n) is 11.3. The summed E-state index contributed by atoms with van der Waals surface area (Å²) in [5, 5.41) is 10.7.